The molecule has 0 spiro atoms. The number of nitrogens with zero attached hydrogens (tertiary/aromatic N) is 1. The van der Waals surface area contributed by atoms with Gasteiger partial charge in [-0.05, 0) is 18.1 Å². The molecule has 0 amide bonds. The predicted molar refractivity (Wildman–Crippen MR) is 85.4 cm³/mol. The van der Waals surface area contributed by atoms with Crippen LogP contribution in [-0.2, 0) is 18.0 Å². The van der Waals surface area contributed by atoms with E-state index in [4.69, 9.17) is 4.74 Å². The van der Waals surface area contributed by atoms with Crippen molar-refractivity contribution in [1.82, 2.24) is 5.32 Å². The number of benzene rings is 2. The highest BCUT2D eigenvalue weighted by molar-refractivity contribution is 6.00. The molecule has 1 N–H and O–H groups in total. The van der Waals surface area contributed by atoms with Crippen molar-refractivity contribution in [2.45, 2.75) is 19.6 Å². The third-order valence-corrected chi connectivity index (χ3v) is 3.64. The van der Waals surface area contributed by atoms with E-state index in [1.807, 2.05) is 30.3 Å². The number of nitrogens with one attached hydrogen (secondary N) is 1. The van der Waals surface area contributed by atoms with Gasteiger partial charge in [0.15, 0.2) is 0 Å². The van der Waals surface area contributed by atoms with E-state index < -0.39 is 0 Å². The molecule has 3 rings (SSSR count). The van der Waals surface area contributed by atoms with E-state index >= 15 is 0 Å². The van der Waals surface area contributed by atoms with Crippen molar-refractivity contribution in [3.63, 3.8) is 0 Å². The summed E-state index contributed by atoms with van der Waals surface area (Å²) < 4.78 is 19.3. The van der Waals surface area contributed by atoms with E-state index in [-0.39, 0.29) is 12.4 Å². The standard InChI is InChI=1S/C18H19FN2O/c19-17-9-4-2-7-15(17)13-22-12-14-6-1-3-8-16(14)18-20-10-5-11-21-18/h1-4,6-9H,5,10-13H2,(H,20,21). The van der Waals surface area contributed by atoms with Gasteiger partial charge in [-0.25, -0.2) is 4.39 Å². The van der Waals surface area contributed by atoms with Gasteiger partial charge in [-0.1, -0.05) is 42.5 Å². The molecule has 1 aliphatic heterocycles. The number of hydrogen-bond acceptors (Lipinski definition) is 3. The van der Waals surface area contributed by atoms with Gasteiger partial charge in [0.05, 0.1) is 13.2 Å². The van der Waals surface area contributed by atoms with Crippen LogP contribution in [0.3, 0.4) is 0 Å². The highest BCUT2D eigenvalue weighted by atomic mass is 19.1. The van der Waals surface area contributed by atoms with Crippen LogP contribution in [0.4, 0.5) is 4.39 Å². The second kappa shape index (κ2) is 7.18. The van der Waals surface area contributed by atoms with Gasteiger partial charge in [-0.15, -0.1) is 0 Å². The molecule has 1 aliphatic rings. The Bertz CT molecular complexity index is 670. The Labute approximate surface area is 129 Å². The highest BCUT2D eigenvalue weighted by Crippen LogP contribution is 2.14. The lowest BCUT2D eigenvalue weighted by Gasteiger charge is -2.17. The average Bonchev–Trinajstić information content (AvgIpc) is 2.58. The molecule has 0 fully saturated rings. The van der Waals surface area contributed by atoms with Gasteiger partial charge < -0.3 is 10.1 Å². The van der Waals surface area contributed by atoms with Crippen LogP contribution in [-0.4, -0.2) is 18.9 Å². The van der Waals surface area contributed by atoms with Gasteiger partial charge in [-0.3, -0.25) is 4.99 Å². The van der Waals surface area contributed by atoms with E-state index in [1.54, 1.807) is 12.1 Å². The van der Waals surface area contributed by atoms with Gasteiger partial charge in [0, 0.05) is 24.2 Å². The summed E-state index contributed by atoms with van der Waals surface area (Å²) in [5.74, 6) is 0.699. The molecule has 114 valence electrons. The first-order valence-corrected chi connectivity index (χ1v) is 7.52. The van der Waals surface area contributed by atoms with Crippen molar-refractivity contribution in [2.75, 3.05) is 13.1 Å². The average molecular weight is 298 g/mol. The molecule has 22 heavy (non-hydrogen) atoms. The Morgan fingerprint density at radius 2 is 1.73 bits per heavy atom. The zero-order valence-electron chi connectivity index (χ0n) is 12.4. The molecule has 2 aromatic rings. The van der Waals surface area contributed by atoms with Crippen molar-refractivity contribution < 1.29 is 9.13 Å². The van der Waals surface area contributed by atoms with Crippen molar-refractivity contribution in [1.29, 1.82) is 0 Å². The third kappa shape index (κ3) is 3.52. The fourth-order valence-electron chi connectivity index (χ4n) is 2.48. The number of rotatable bonds is 5. The quantitative estimate of drug-likeness (QED) is 0.919. The molecule has 0 saturated carbocycles. The van der Waals surface area contributed by atoms with Crippen LogP contribution in [0.2, 0.25) is 0 Å². The topological polar surface area (TPSA) is 33.6 Å². The highest BCUT2D eigenvalue weighted by Gasteiger charge is 2.11. The molecule has 0 saturated heterocycles. The maximum Gasteiger partial charge on any atom is 0.128 e. The van der Waals surface area contributed by atoms with E-state index in [1.165, 1.54) is 6.07 Å². The van der Waals surface area contributed by atoms with E-state index in [0.29, 0.717) is 12.2 Å². The van der Waals surface area contributed by atoms with Crippen LogP contribution in [0, 0.1) is 5.82 Å². The molecular weight excluding hydrogens is 279 g/mol. The van der Waals surface area contributed by atoms with Gasteiger partial charge in [0.25, 0.3) is 0 Å². The zero-order valence-corrected chi connectivity index (χ0v) is 12.4. The Morgan fingerprint density at radius 1 is 1.00 bits per heavy atom. The molecule has 1 heterocycles. The van der Waals surface area contributed by atoms with Crippen molar-refractivity contribution in [3.05, 3.63) is 71.0 Å². The van der Waals surface area contributed by atoms with Crippen LogP contribution >= 0.6 is 0 Å². The molecule has 2 aromatic carbocycles. The molecule has 3 nitrogen and oxygen atoms in total. The second-order valence-corrected chi connectivity index (χ2v) is 5.25. The Morgan fingerprint density at radius 3 is 2.50 bits per heavy atom. The predicted octanol–water partition coefficient (Wildman–Crippen LogP) is 3.28. The fraction of sp³-hybridized carbons (Fsp3) is 0.278. The summed E-state index contributed by atoms with van der Waals surface area (Å²) in [5, 5.41) is 3.33. The summed E-state index contributed by atoms with van der Waals surface area (Å²) in [6.45, 7) is 2.50. The zero-order chi connectivity index (χ0) is 15.2. The number of hydrogen-bond donors (Lipinski definition) is 1. The lowest BCUT2D eigenvalue weighted by molar-refractivity contribution is 0.105. The van der Waals surface area contributed by atoms with Crippen molar-refractivity contribution in [2.24, 2.45) is 4.99 Å². The van der Waals surface area contributed by atoms with Crippen LogP contribution in [0.5, 0.6) is 0 Å². The lowest BCUT2D eigenvalue weighted by Crippen LogP contribution is -2.31. The van der Waals surface area contributed by atoms with Gasteiger partial charge in [-0.2, -0.15) is 0 Å². The summed E-state index contributed by atoms with van der Waals surface area (Å²) >= 11 is 0. The van der Waals surface area contributed by atoms with Gasteiger partial charge in [0.2, 0.25) is 0 Å². The molecule has 0 atom stereocenters. The minimum Gasteiger partial charge on any atom is -0.372 e. The summed E-state index contributed by atoms with van der Waals surface area (Å²) in [6.07, 6.45) is 1.06. The van der Waals surface area contributed by atoms with Crippen molar-refractivity contribution >= 4 is 5.84 Å². The number of ether oxygens (including phenoxy) is 1. The normalized spacial score (nSPS) is 14.3. The van der Waals surface area contributed by atoms with Crippen LogP contribution in [0.1, 0.15) is 23.1 Å². The smallest absolute Gasteiger partial charge is 0.128 e. The Kier molecular flexibility index (Phi) is 4.81. The Balaban J connectivity index is 1.68. The van der Waals surface area contributed by atoms with Crippen LogP contribution < -0.4 is 5.32 Å². The maximum atomic E-state index is 13.6. The summed E-state index contributed by atoms with van der Waals surface area (Å²) in [6, 6.07) is 14.7. The van der Waals surface area contributed by atoms with Crippen LogP contribution in [0.25, 0.3) is 0 Å². The third-order valence-electron chi connectivity index (χ3n) is 3.64. The maximum absolute atomic E-state index is 13.6. The molecule has 4 heteroatoms. The van der Waals surface area contributed by atoms with Gasteiger partial charge in [0.1, 0.15) is 11.7 Å². The van der Waals surface area contributed by atoms with E-state index in [2.05, 4.69) is 10.3 Å². The minimum atomic E-state index is -0.228. The minimum absolute atomic E-state index is 0.228. The Hall–Kier alpha value is -2.20. The largest absolute Gasteiger partial charge is 0.372 e. The fourth-order valence-corrected chi connectivity index (χ4v) is 2.48. The molecule has 0 aromatic heterocycles. The van der Waals surface area contributed by atoms with Gasteiger partial charge >= 0.3 is 0 Å². The van der Waals surface area contributed by atoms with E-state index in [9.17, 15) is 4.39 Å². The SMILES string of the molecule is Fc1ccccc1COCc1ccccc1C1=NCCCN1. The van der Waals surface area contributed by atoms with Crippen molar-refractivity contribution in [3.8, 4) is 0 Å². The van der Waals surface area contributed by atoms with Crippen LogP contribution in [0.15, 0.2) is 53.5 Å². The first kappa shape index (κ1) is 14.7. The first-order valence-electron chi connectivity index (χ1n) is 7.52. The second-order valence-electron chi connectivity index (χ2n) is 5.25. The summed E-state index contributed by atoms with van der Waals surface area (Å²) in [7, 11) is 0. The summed E-state index contributed by atoms with van der Waals surface area (Å²) in [4.78, 5) is 4.53. The molecule has 0 bridgehead atoms. The monoisotopic (exact) mass is 298 g/mol. The number of amidine groups is 1. The molecule has 0 unspecified atom stereocenters. The number of aliphatic imine (C=N–C) groups is 1. The molecule has 0 radical (unpaired) electrons. The lowest BCUT2D eigenvalue weighted by atomic mass is 10.1. The first-order chi connectivity index (χ1) is 10.8. The number of halogens is 1. The van der Waals surface area contributed by atoms with E-state index in [0.717, 1.165) is 36.5 Å². The summed E-state index contributed by atoms with van der Waals surface area (Å²) in [5.41, 5.74) is 2.70. The molecular formula is C18H19FN2O. The molecule has 0 aliphatic carbocycles.